The lowest BCUT2D eigenvalue weighted by molar-refractivity contribution is 0.417. The Morgan fingerprint density at radius 3 is 2.85 bits per heavy atom. The SMILES string of the molecule is CCCc1nccn1Cc1occc1CNC(C)(C)C. The van der Waals surface area contributed by atoms with Crippen LogP contribution in [-0.4, -0.2) is 15.1 Å². The molecule has 0 spiro atoms. The third kappa shape index (κ3) is 3.97. The molecule has 0 aliphatic carbocycles. The third-order valence-corrected chi connectivity index (χ3v) is 3.24. The number of nitrogens with zero attached hydrogens (tertiary/aromatic N) is 2. The van der Waals surface area contributed by atoms with Gasteiger partial charge in [-0.1, -0.05) is 6.92 Å². The largest absolute Gasteiger partial charge is 0.467 e. The highest BCUT2D eigenvalue weighted by Gasteiger charge is 2.13. The Balaban J connectivity index is 2.06. The molecular formula is C16H25N3O. The molecule has 0 bridgehead atoms. The topological polar surface area (TPSA) is 43.0 Å². The van der Waals surface area contributed by atoms with Gasteiger partial charge in [-0.3, -0.25) is 0 Å². The number of aryl methyl sites for hydroxylation is 1. The Morgan fingerprint density at radius 2 is 2.15 bits per heavy atom. The minimum absolute atomic E-state index is 0.108. The number of hydrogen-bond acceptors (Lipinski definition) is 3. The molecule has 0 aromatic carbocycles. The van der Waals surface area contributed by atoms with Crippen LogP contribution >= 0.6 is 0 Å². The molecule has 0 fully saturated rings. The number of furan rings is 1. The van der Waals surface area contributed by atoms with Crippen LogP contribution in [0.1, 0.15) is 51.3 Å². The van der Waals surface area contributed by atoms with E-state index in [0.717, 1.165) is 37.5 Å². The van der Waals surface area contributed by atoms with Crippen molar-refractivity contribution in [2.24, 2.45) is 0 Å². The van der Waals surface area contributed by atoms with Crippen molar-refractivity contribution in [2.75, 3.05) is 0 Å². The fraction of sp³-hybridized carbons (Fsp3) is 0.562. The Kier molecular flexibility index (Phi) is 4.65. The van der Waals surface area contributed by atoms with Gasteiger partial charge in [-0.05, 0) is 33.3 Å². The first-order valence-corrected chi connectivity index (χ1v) is 7.30. The van der Waals surface area contributed by atoms with Crippen LogP contribution in [-0.2, 0) is 19.5 Å². The molecule has 0 aliphatic rings. The minimum Gasteiger partial charge on any atom is -0.467 e. The summed E-state index contributed by atoms with van der Waals surface area (Å²) in [5.41, 5.74) is 1.33. The Hall–Kier alpha value is -1.55. The lowest BCUT2D eigenvalue weighted by atomic mass is 10.1. The lowest BCUT2D eigenvalue weighted by Gasteiger charge is -2.20. The first-order valence-electron chi connectivity index (χ1n) is 7.30. The van der Waals surface area contributed by atoms with Crippen LogP contribution < -0.4 is 5.32 Å². The number of nitrogens with one attached hydrogen (secondary N) is 1. The van der Waals surface area contributed by atoms with Crippen LogP contribution in [0.5, 0.6) is 0 Å². The standard InChI is InChI=1S/C16H25N3O/c1-5-6-15-17-8-9-19(15)12-14-13(7-10-20-14)11-18-16(2,3)4/h7-10,18H,5-6,11-12H2,1-4H3. The first-order chi connectivity index (χ1) is 9.49. The highest BCUT2D eigenvalue weighted by molar-refractivity contribution is 5.18. The Labute approximate surface area is 121 Å². The zero-order chi connectivity index (χ0) is 14.6. The van der Waals surface area contributed by atoms with Gasteiger partial charge in [0.2, 0.25) is 0 Å². The van der Waals surface area contributed by atoms with Crippen molar-refractivity contribution in [1.82, 2.24) is 14.9 Å². The molecule has 4 heteroatoms. The van der Waals surface area contributed by atoms with E-state index in [4.69, 9.17) is 4.42 Å². The quantitative estimate of drug-likeness (QED) is 0.879. The summed E-state index contributed by atoms with van der Waals surface area (Å²) in [7, 11) is 0. The molecule has 0 radical (unpaired) electrons. The van der Waals surface area contributed by atoms with E-state index < -0.39 is 0 Å². The molecule has 0 saturated carbocycles. The van der Waals surface area contributed by atoms with Crippen molar-refractivity contribution in [1.29, 1.82) is 0 Å². The number of rotatable bonds is 6. The summed E-state index contributed by atoms with van der Waals surface area (Å²) >= 11 is 0. The second-order valence-electron chi connectivity index (χ2n) is 6.19. The number of imidazole rings is 1. The average molecular weight is 275 g/mol. The van der Waals surface area contributed by atoms with E-state index in [9.17, 15) is 0 Å². The summed E-state index contributed by atoms with van der Waals surface area (Å²) in [6.45, 7) is 10.3. The molecule has 20 heavy (non-hydrogen) atoms. The highest BCUT2D eigenvalue weighted by Crippen LogP contribution is 2.15. The van der Waals surface area contributed by atoms with E-state index in [1.807, 2.05) is 18.5 Å². The minimum atomic E-state index is 0.108. The van der Waals surface area contributed by atoms with Crippen molar-refractivity contribution in [3.05, 3.63) is 41.9 Å². The lowest BCUT2D eigenvalue weighted by Crippen LogP contribution is -2.35. The monoisotopic (exact) mass is 275 g/mol. The van der Waals surface area contributed by atoms with Crippen LogP contribution in [0.2, 0.25) is 0 Å². The highest BCUT2D eigenvalue weighted by atomic mass is 16.3. The zero-order valence-corrected chi connectivity index (χ0v) is 12.9. The molecule has 2 heterocycles. The molecule has 0 unspecified atom stereocenters. The van der Waals surface area contributed by atoms with Gasteiger partial charge >= 0.3 is 0 Å². The second kappa shape index (κ2) is 6.27. The fourth-order valence-electron chi connectivity index (χ4n) is 2.11. The van der Waals surface area contributed by atoms with E-state index >= 15 is 0 Å². The molecular weight excluding hydrogens is 250 g/mol. The summed E-state index contributed by atoms with van der Waals surface area (Å²) in [6, 6.07) is 2.05. The average Bonchev–Trinajstić information content (AvgIpc) is 2.97. The van der Waals surface area contributed by atoms with Gasteiger partial charge in [0.05, 0.1) is 12.8 Å². The van der Waals surface area contributed by atoms with Crippen LogP contribution in [0.25, 0.3) is 0 Å². The van der Waals surface area contributed by atoms with Gasteiger partial charge in [0, 0.05) is 36.5 Å². The third-order valence-electron chi connectivity index (χ3n) is 3.24. The normalized spacial score (nSPS) is 12.0. The fourth-order valence-corrected chi connectivity index (χ4v) is 2.11. The van der Waals surface area contributed by atoms with E-state index in [1.54, 1.807) is 6.26 Å². The van der Waals surface area contributed by atoms with E-state index in [0.29, 0.717) is 0 Å². The van der Waals surface area contributed by atoms with Gasteiger partial charge in [-0.2, -0.15) is 0 Å². The maximum absolute atomic E-state index is 5.65. The van der Waals surface area contributed by atoms with Gasteiger partial charge in [0.1, 0.15) is 11.6 Å². The van der Waals surface area contributed by atoms with Crippen LogP contribution in [0.4, 0.5) is 0 Å². The van der Waals surface area contributed by atoms with Gasteiger partial charge in [-0.25, -0.2) is 4.98 Å². The summed E-state index contributed by atoms with van der Waals surface area (Å²) < 4.78 is 7.82. The summed E-state index contributed by atoms with van der Waals surface area (Å²) in [5, 5.41) is 3.50. The molecule has 1 N–H and O–H groups in total. The number of aromatic nitrogens is 2. The Bertz CT molecular complexity index is 534. The summed E-state index contributed by atoms with van der Waals surface area (Å²) in [6.07, 6.45) is 7.76. The molecule has 2 aromatic rings. The summed E-state index contributed by atoms with van der Waals surface area (Å²) in [5.74, 6) is 2.13. The molecule has 2 aromatic heterocycles. The van der Waals surface area contributed by atoms with E-state index in [1.165, 1.54) is 5.56 Å². The van der Waals surface area contributed by atoms with Crippen LogP contribution in [0.3, 0.4) is 0 Å². The molecule has 110 valence electrons. The maximum atomic E-state index is 5.65. The second-order valence-corrected chi connectivity index (χ2v) is 6.19. The zero-order valence-electron chi connectivity index (χ0n) is 12.9. The van der Waals surface area contributed by atoms with Crippen molar-refractivity contribution >= 4 is 0 Å². The van der Waals surface area contributed by atoms with Crippen molar-refractivity contribution in [2.45, 2.75) is 59.2 Å². The van der Waals surface area contributed by atoms with Gasteiger partial charge in [0.15, 0.2) is 0 Å². The van der Waals surface area contributed by atoms with Crippen LogP contribution in [0.15, 0.2) is 29.1 Å². The Morgan fingerprint density at radius 1 is 1.35 bits per heavy atom. The summed E-state index contributed by atoms with van der Waals surface area (Å²) in [4.78, 5) is 4.41. The molecule has 2 rings (SSSR count). The first kappa shape index (κ1) is 14.9. The maximum Gasteiger partial charge on any atom is 0.127 e. The van der Waals surface area contributed by atoms with Crippen molar-refractivity contribution < 1.29 is 4.42 Å². The molecule has 0 aliphatic heterocycles. The molecule has 0 atom stereocenters. The van der Waals surface area contributed by atoms with Gasteiger partial charge in [0.25, 0.3) is 0 Å². The van der Waals surface area contributed by atoms with E-state index in [-0.39, 0.29) is 5.54 Å². The van der Waals surface area contributed by atoms with Gasteiger partial charge in [-0.15, -0.1) is 0 Å². The predicted octanol–water partition coefficient (Wildman–Crippen LogP) is 3.37. The van der Waals surface area contributed by atoms with E-state index in [2.05, 4.69) is 42.6 Å². The van der Waals surface area contributed by atoms with Gasteiger partial charge < -0.3 is 14.3 Å². The van der Waals surface area contributed by atoms with Crippen LogP contribution in [0, 0.1) is 0 Å². The smallest absolute Gasteiger partial charge is 0.127 e. The van der Waals surface area contributed by atoms with Crippen molar-refractivity contribution in [3.63, 3.8) is 0 Å². The molecule has 0 saturated heterocycles. The predicted molar refractivity (Wildman–Crippen MR) is 80.6 cm³/mol. The number of hydrogen-bond donors (Lipinski definition) is 1. The molecule has 4 nitrogen and oxygen atoms in total. The van der Waals surface area contributed by atoms with Crippen molar-refractivity contribution in [3.8, 4) is 0 Å². The molecule has 0 amide bonds.